The first kappa shape index (κ1) is 12.5. The molecule has 1 fully saturated rings. The van der Waals surface area contributed by atoms with Gasteiger partial charge in [0.05, 0.1) is 6.10 Å². The molecule has 2 unspecified atom stereocenters. The molecule has 0 spiro atoms. The highest BCUT2D eigenvalue weighted by molar-refractivity contribution is 5.08. The molecule has 0 radical (unpaired) electrons. The van der Waals surface area contributed by atoms with Crippen LogP contribution in [-0.2, 0) is 11.2 Å². The van der Waals surface area contributed by atoms with Crippen LogP contribution in [0.2, 0.25) is 0 Å². The lowest BCUT2D eigenvalue weighted by atomic mass is 10.00. The summed E-state index contributed by atoms with van der Waals surface area (Å²) in [5.74, 6) is 0.703. The third-order valence-corrected chi connectivity index (χ3v) is 3.47. The highest BCUT2D eigenvalue weighted by Gasteiger charge is 2.25. The summed E-state index contributed by atoms with van der Waals surface area (Å²) in [4.78, 5) is 4.12. The molecule has 17 heavy (non-hydrogen) atoms. The standard InChI is InChI=1S/C14H22N2O/c1-2-14-13(6-9-17-14)11-16-8-5-12-4-3-7-15-10-12/h3-4,7,10,13-14,16H,2,5-6,8-9,11H2,1H3. The number of aromatic nitrogens is 1. The van der Waals surface area contributed by atoms with Crippen LogP contribution in [0.1, 0.15) is 25.3 Å². The number of hydrogen-bond donors (Lipinski definition) is 1. The van der Waals surface area contributed by atoms with Crippen molar-refractivity contribution in [1.82, 2.24) is 10.3 Å². The Kier molecular flexibility index (Phi) is 4.95. The van der Waals surface area contributed by atoms with E-state index in [2.05, 4.69) is 23.3 Å². The molecule has 1 aliphatic rings. The molecular weight excluding hydrogens is 212 g/mol. The second-order valence-electron chi connectivity index (χ2n) is 4.68. The van der Waals surface area contributed by atoms with Crippen LogP contribution in [0.3, 0.4) is 0 Å². The van der Waals surface area contributed by atoms with E-state index in [1.54, 1.807) is 0 Å². The number of hydrogen-bond acceptors (Lipinski definition) is 3. The van der Waals surface area contributed by atoms with E-state index in [4.69, 9.17) is 4.74 Å². The highest BCUT2D eigenvalue weighted by Crippen LogP contribution is 2.22. The van der Waals surface area contributed by atoms with Crippen molar-refractivity contribution in [3.8, 4) is 0 Å². The highest BCUT2D eigenvalue weighted by atomic mass is 16.5. The van der Waals surface area contributed by atoms with Crippen molar-refractivity contribution < 1.29 is 4.74 Å². The van der Waals surface area contributed by atoms with E-state index in [-0.39, 0.29) is 0 Å². The molecule has 2 rings (SSSR count). The molecule has 1 aliphatic heterocycles. The first-order valence-corrected chi connectivity index (χ1v) is 6.61. The number of nitrogens with one attached hydrogen (secondary N) is 1. The van der Waals surface area contributed by atoms with E-state index in [1.165, 1.54) is 12.0 Å². The largest absolute Gasteiger partial charge is 0.378 e. The molecule has 0 saturated carbocycles. The van der Waals surface area contributed by atoms with Crippen LogP contribution < -0.4 is 5.32 Å². The third-order valence-electron chi connectivity index (χ3n) is 3.47. The van der Waals surface area contributed by atoms with E-state index >= 15 is 0 Å². The molecule has 0 amide bonds. The zero-order chi connectivity index (χ0) is 11.9. The maximum absolute atomic E-state index is 5.68. The number of pyridine rings is 1. The Morgan fingerprint density at radius 2 is 2.47 bits per heavy atom. The van der Waals surface area contributed by atoms with Gasteiger partial charge in [0, 0.05) is 25.5 Å². The van der Waals surface area contributed by atoms with Crippen LogP contribution in [0.5, 0.6) is 0 Å². The maximum Gasteiger partial charge on any atom is 0.0613 e. The normalized spacial score (nSPS) is 24.1. The first-order chi connectivity index (χ1) is 8.40. The van der Waals surface area contributed by atoms with Crippen molar-refractivity contribution >= 4 is 0 Å². The Morgan fingerprint density at radius 1 is 1.53 bits per heavy atom. The van der Waals surface area contributed by atoms with Crippen molar-refractivity contribution in [1.29, 1.82) is 0 Å². The smallest absolute Gasteiger partial charge is 0.0613 e. The molecule has 0 bridgehead atoms. The SMILES string of the molecule is CCC1OCCC1CNCCc1cccnc1. The van der Waals surface area contributed by atoms with Gasteiger partial charge in [-0.15, -0.1) is 0 Å². The summed E-state index contributed by atoms with van der Waals surface area (Å²) in [7, 11) is 0. The molecule has 0 aromatic carbocycles. The fourth-order valence-electron chi connectivity index (χ4n) is 2.44. The van der Waals surface area contributed by atoms with Crippen molar-refractivity contribution in [2.75, 3.05) is 19.7 Å². The van der Waals surface area contributed by atoms with Crippen LogP contribution >= 0.6 is 0 Å². The summed E-state index contributed by atoms with van der Waals surface area (Å²) >= 11 is 0. The van der Waals surface area contributed by atoms with E-state index in [9.17, 15) is 0 Å². The fraction of sp³-hybridized carbons (Fsp3) is 0.643. The number of rotatable bonds is 6. The molecule has 0 aliphatic carbocycles. The molecular formula is C14H22N2O. The Balaban J connectivity index is 1.63. The topological polar surface area (TPSA) is 34.1 Å². The van der Waals surface area contributed by atoms with E-state index < -0.39 is 0 Å². The van der Waals surface area contributed by atoms with Crippen LogP contribution in [-0.4, -0.2) is 30.8 Å². The van der Waals surface area contributed by atoms with Gasteiger partial charge in [-0.05, 0) is 43.4 Å². The van der Waals surface area contributed by atoms with Crippen LogP contribution in [0.15, 0.2) is 24.5 Å². The van der Waals surface area contributed by atoms with E-state index in [0.717, 1.165) is 32.5 Å². The minimum Gasteiger partial charge on any atom is -0.378 e. The molecule has 1 aromatic rings. The van der Waals surface area contributed by atoms with Gasteiger partial charge >= 0.3 is 0 Å². The maximum atomic E-state index is 5.68. The quantitative estimate of drug-likeness (QED) is 0.765. The first-order valence-electron chi connectivity index (χ1n) is 6.61. The summed E-state index contributed by atoms with van der Waals surface area (Å²) in [6, 6.07) is 4.12. The second-order valence-corrected chi connectivity index (χ2v) is 4.68. The summed E-state index contributed by atoms with van der Waals surface area (Å²) in [5, 5.41) is 3.53. The number of nitrogens with zero attached hydrogens (tertiary/aromatic N) is 1. The minimum absolute atomic E-state index is 0.473. The van der Waals surface area contributed by atoms with Gasteiger partial charge in [0.1, 0.15) is 0 Å². The van der Waals surface area contributed by atoms with E-state index in [0.29, 0.717) is 12.0 Å². The summed E-state index contributed by atoms with van der Waals surface area (Å²) in [6.45, 7) is 5.25. The Hall–Kier alpha value is -0.930. The predicted octanol–water partition coefficient (Wildman–Crippen LogP) is 2.03. The Bertz CT molecular complexity index is 315. The minimum atomic E-state index is 0.473. The second kappa shape index (κ2) is 6.72. The molecule has 94 valence electrons. The average Bonchev–Trinajstić information content (AvgIpc) is 2.83. The van der Waals surface area contributed by atoms with Crippen molar-refractivity contribution in [2.45, 2.75) is 32.3 Å². The Labute approximate surface area is 104 Å². The average molecular weight is 234 g/mol. The van der Waals surface area contributed by atoms with Gasteiger partial charge in [-0.1, -0.05) is 13.0 Å². The predicted molar refractivity (Wildman–Crippen MR) is 68.9 cm³/mol. The zero-order valence-corrected chi connectivity index (χ0v) is 10.6. The fourth-order valence-corrected chi connectivity index (χ4v) is 2.44. The van der Waals surface area contributed by atoms with Gasteiger partial charge in [0.15, 0.2) is 0 Å². The number of ether oxygens (including phenoxy) is 1. The molecule has 3 heteroatoms. The lowest BCUT2D eigenvalue weighted by molar-refractivity contribution is 0.0873. The lowest BCUT2D eigenvalue weighted by Gasteiger charge is -2.17. The van der Waals surface area contributed by atoms with E-state index in [1.807, 2.05) is 18.5 Å². The third kappa shape index (κ3) is 3.79. The lowest BCUT2D eigenvalue weighted by Crippen LogP contribution is -2.29. The monoisotopic (exact) mass is 234 g/mol. The van der Waals surface area contributed by atoms with Crippen molar-refractivity contribution in [3.63, 3.8) is 0 Å². The van der Waals surface area contributed by atoms with Gasteiger partial charge in [-0.25, -0.2) is 0 Å². The molecule has 2 heterocycles. The Morgan fingerprint density at radius 3 is 3.24 bits per heavy atom. The van der Waals surface area contributed by atoms with Gasteiger partial charge in [-0.2, -0.15) is 0 Å². The van der Waals surface area contributed by atoms with Gasteiger partial charge in [0.2, 0.25) is 0 Å². The molecule has 1 aromatic heterocycles. The van der Waals surface area contributed by atoms with Crippen molar-refractivity contribution in [3.05, 3.63) is 30.1 Å². The van der Waals surface area contributed by atoms with Gasteiger partial charge < -0.3 is 10.1 Å². The summed E-state index contributed by atoms with van der Waals surface area (Å²) < 4.78 is 5.68. The molecule has 1 N–H and O–H groups in total. The zero-order valence-electron chi connectivity index (χ0n) is 10.6. The molecule has 3 nitrogen and oxygen atoms in total. The van der Waals surface area contributed by atoms with Crippen LogP contribution in [0.25, 0.3) is 0 Å². The molecule has 2 atom stereocenters. The van der Waals surface area contributed by atoms with Crippen molar-refractivity contribution in [2.24, 2.45) is 5.92 Å². The molecule has 1 saturated heterocycles. The summed E-state index contributed by atoms with van der Waals surface area (Å²) in [5.41, 5.74) is 1.30. The van der Waals surface area contributed by atoms with Gasteiger partial charge in [0.25, 0.3) is 0 Å². The summed E-state index contributed by atoms with van der Waals surface area (Å²) in [6.07, 6.45) is 7.63. The van der Waals surface area contributed by atoms with Crippen LogP contribution in [0, 0.1) is 5.92 Å². The van der Waals surface area contributed by atoms with Gasteiger partial charge in [-0.3, -0.25) is 4.98 Å². The van der Waals surface area contributed by atoms with Crippen LogP contribution in [0.4, 0.5) is 0 Å².